The van der Waals surface area contributed by atoms with Crippen molar-refractivity contribution in [2.24, 2.45) is 0 Å². The van der Waals surface area contributed by atoms with Gasteiger partial charge in [-0.15, -0.1) is 22.7 Å². The highest BCUT2D eigenvalue weighted by Gasteiger charge is 2.36. The van der Waals surface area contributed by atoms with Gasteiger partial charge in [0, 0.05) is 79.8 Å². The maximum absolute atomic E-state index is 2.47. The highest BCUT2D eigenvalue weighted by molar-refractivity contribution is 7.26. The van der Waals surface area contributed by atoms with Crippen LogP contribution in [0.3, 0.4) is 0 Å². The van der Waals surface area contributed by atoms with Crippen LogP contribution in [0.5, 0.6) is 0 Å². The van der Waals surface area contributed by atoms with E-state index in [2.05, 4.69) is 270 Å². The van der Waals surface area contributed by atoms with Gasteiger partial charge in [-0.05, 0) is 172 Å². The fourth-order valence-corrected chi connectivity index (χ4v) is 15.0. The van der Waals surface area contributed by atoms with Gasteiger partial charge < -0.3 is 9.47 Å². The molecule has 1 aliphatic heterocycles. The second kappa shape index (κ2) is 19.8. The molecule has 0 saturated carbocycles. The van der Waals surface area contributed by atoms with E-state index in [0.29, 0.717) is 5.92 Å². The number of allylic oxidation sites excluding steroid dienone is 6. The molecule has 80 heavy (non-hydrogen) atoms. The lowest BCUT2D eigenvalue weighted by Gasteiger charge is -2.26. The third kappa shape index (κ3) is 8.05. The summed E-state index contributed by atoms with van der Waals surface area (Å²) >= 11 is 3.78. The molecule has 0 bridgehead atoms. The van der Waals surface area contributed by atoms with Crippen molar-refractivity contribution >= 4 is 102 Å². The van der Waals surface area contributed by atoms with Crippen molar-refractivity contribution in [2.75, 3.05) is 4.90 Å². The Bertz CT molecular complexity index is 4790. The van der Waals surface area contributed by atoms with E-state index in [4.69, 9.17) is 0 Å². The molecule has 14 aromatic rings. The molecule has 11 aromatic carbocycles. The van der Waals surface area contributed by atoms with Crippen molar-refractivity contribution in [2.45, 2.75) is 26.2 Å². The van der Waals surface area contributed by atoms with Crippen LogP contribution in [0.15, 0.2) is 279 Å². The van der Waals surface area contributed by atoms with Gasteiger partial charge in [-0.25, -0.2) is 0 Å². The van der Waals surface area contributed by atoms with Gasteiger partial charge in [0.15, 0.2) is 0 Å². The van der Waals surface area contributed by atoms with Gasteiger partial charge in [0.05, 0.1) is 11.0 Å². The number of fused-ring (bicyclic) bond motifs is 12. The summed E-state index contributed by atoms with van der Waals surface area (Å²) in [5.74, 6) is 0.292. The first-order valence-electron chi connectivity index (χ1n) is 27.7. The molecule has 1 atom stereocenters. The number of para-hydroxylation sites is 4. The minimum atomic E-state index is 0.292. The Kier molecular flexibility index (Phi) is 11.9. The molecule has 16 rings (SSSR count). The molecule has 4 heteroatoms. The average molecular weight is 1060 g/mol. The second-order valence-corrected chi connectivity index (χ2v) is 23.1. The van der Waals surface area contributed by atoms with Crippen LogP contribution in [0.2, 0.25) is 0 Å². The standard InChI is InChI=1S/C72H46N2S2.C4H8/c1-2-20-53(21-3-1)73-66-29-11-6-24-59(66)62-43-49(32-36-67(62)73)47-18-14-16-45(38-47)46-17-15-19-48(39-46)51-40-52(42-54(41-51)74-64-27-9-4-22-57(64)58-23-5-10-28-65(58)74)56-35-34-55(71-61-26-8-13-31-69(61)76-72(56)71)50-33-37-70-63(44-50)60-25-7-12-30-68(60)75-70;1-3-4-2/h1-42,44,62H,43H2;3-4H,1-2H3/b;4-3-. The summed E-state index contributed by atoms with van der Waals surface area (Å²) in [5.41, 5.74) is 21.1. The van der Waals surface area contributed by atoms with E-state index in [1.807, 2.05) is 48.7 Å². The molecule has 0 amide bonds. The number of hydrogen-bond acceptors (Lipinski definition) is 3. The van der Waals surface area contributed by atoms with Gasteiger partial charge in [0.2, 0.25) is 0 Å². The first-order chi connectivity index (χ1) is 39.6. The molecule has 2 aliphatic rings. The van der Waals surface area contributed by atoms with Crippen molar-refractivity contribution in [3.05, 3.63) is 290 Å². The highest BCUT2D eigenvalue weighted by Crippen LogP contribution is 2.53. The molecular formula is C76H54N2S2. The predicted octanol–water partition coefficient (Wildman–Crippen LogP) is 22.4. The summed E-state index contributed by atoms with van der Waals surface area (Å²) in [6.07, 6.45) is 9.66. The van der Waals surface area contributed by atoms with Crippen molar-refractivity contribution in [3.63, 3.8) is 0 Å². The zero-order chi connectivity index (χ0) is 53.3. The molecule has 3 aromatic heterocycles. The minimum Gasteiger partial charge on any atom is -0.313 e. The van der Waals surface area contributed by atoms with Crippen LogP contribution in [0.25, 0.3) is 118 Å². The maximum Gasteiger partial charge on any atom is 0.0541 e. The normalized spacial score (nSPS) is 14.0. The number of aromatic nitrogens is 1. The lowest BCUT2D eigenvalue weighted by Crippen LogP contribution is -2.15. The molecule has 380 valence electrons. The van der Waals surface area contributed by atoms with Crippen molar-refractivity contribution in [1.29, 1.82) is 0 Å². The second-order valence-electron chi connectivity index (χ2n) is 21.0. The Hall–Kier alpha value is -9.32. The third-order valence-corrected chi connectivity index (χ3v) is 18.8. The summed E-state index contributed by atoms with van der Waals surface area (Å²) < 4.78 is 7.72. The molecule has 4 heterocycles. The van der Waals surface area contributed by atoms with Gasteiger partial charge in [-0.3, -0.25) is 0 Å². The SMILES string of the molecule is C/C=C\C.C1=C(c2cccc(-c3cccc(-c4cc(-c5ccc(-c6ccc7sc8ccccc8c7c6)c6c5sc5ccccc56)cc(-n5c6ccccc6c6ccccc65)c4)c3)c2)CC2C(=C1)N(c1ccccc1)c1ccccc12. The number of hydrogen-bond donors (Lipinski definition) is 0. The topological polar surface area (TPSA) is 8.17 Å². The monoisotopic (exact) mass is 1060 g/mol. The Morgan fingerprint density at radius 3 is 1.71 bits per heavy atom. The summed E-state index contributed by atoms with van der Waals surface area (Å²) in [6, 6.07) is 92.7. The molecule has 0 N–H and O–H groups in total. The summed E-state index contributed by atoms with van der Waals surface area (Å²) in [7, 11) is 0. The van der Waals surface area contributed by atoms with Crippen molar-refractivity contribution in [1.82, 2.24) is 4.57 Å². The fraction of sp³-hybridized carbons (Fsp3) is 0.0526. The third-order valence-electron chi connectivity index (χ3n) is 16.4. The van der Waals surface area contributed by atoms with E-state index in [-0.39, 0.29) is 0 Å². The maximum atomic E-state index is 2.47. The molecule has 0 fully saturated rings. The Labute approximate surface area is 474 Å². The Balaban J connectivity index is 0.00000134. The molecular weight excluding hydrogens is 1000 g/mol. The van der Waals surface area contributed by atoms with Gasteiger partial charge in [0.1, 0.15) is 0 Å². The van der Waals surface area contributed by atoms with E-state index < -0.39 is 0 Å². The lowest BCUT2D eigenvalue weighted by atomic mass is 9.84. The number of anilines is 2. The summed E-state index contributed by atoms with van der Waals surface area (Å²) in [4.78, 5) is 2.45. The summed E-state index contributed by atoms with van der Waals surface area (Å²) in [6.45, 7) is 4.00. The van der Waals surface area contributed by atoms with Gasteiger partial charge in [-0.2, -0.15) is 0 Å². The molecule has 1 unspecified atom stereocenters. The zero-order valence-corrected chi connectivity index (χ0v) is 46.1. The van der Waals surface area contributed by atoms with Crippen LogP contribution >= 0.6 is 22.7 Å². The quantitative estimate of drug-likeness (QED) is 0.144. The van der Waals surface area contributed by atoms with Gasteiger partial charge in [0.25, 0.3) is 0 Å². The van der Waals surface area contributed by atoms with Crippen LogP contribution in [0, 0.1) is 0 Å². The largest absolute Gasteiger partial charge is 0.313 e. The van der Waals surface area contributed by atoms with Crippen molar-refractivity contribution < 1.29 is 0 Å². The van der Waals surface area contributed by atoms with E-state index in [9.17, 15) is 0 Å². The van der Waals surface area contributed by atoms with Crippen LogP contribution in [0.1, 0.15) is 37.3 Å². The number of rotatable bonds is 7. The smallest absolute Gasteiger partial charge is 0.0541 e. The van der Waals surface area contributed by atoms with Gasteiger partial charge in [-0.1, -0.05) is 182 Å². The predicted molar refractivity (Wildman–Crippen MR) is 347 cm³/mol. The van der Waals surface area contributed by atoms with E-state index in [1.165, 1.54) is 140 Å². The summed E-state index contributed by atoms with van der Waals surface area (Å²) in [5, 5.41) is 7.76. The minimum absolute atomic E-state index is 0.292. The van der Waals surface area contributed by atoms with E-state index in [0.717, 1.165) is 12.1 Å². The van der Waals surface area contributed by atoms with Gasteiger partial charge >= 0.3 is 0 Å². The zero-order valence-electron chi connectivity index (χ0n) is 44.5. The molecule has 1 aliphatic carbocycles. The van der Waals surface area contributed by atoms with Crippen molar-refractivity contribution in [3.8, 4) is 50.2 Å². The van der Waals surface area contributed by atoms with Crippen LogP contribution in [-0.4, -0.2) is 4.57 Å². The Morgan fingerprint density at radius 2 is 0.963 bits per heavy atom. The van der Waals surface area contributed by atoms with Crippen LogP contribution in [0.4, 0.5) is 11.4 Å². The fourth-order valence-electron chi connectivity index (χ4n) is 12.6. The molecule has 2 nitrogen and oxygen atoms in total. The van der Waals surface area contributed by atoms with Crippen LogP contribution < -0.4 is 4.90 Å². The molecule has 0 radical (unpaired) electrons. The number of nitrogens with zero attached hydrogens (tertiary/aromatic N) is 2. The first-order valence-corrected chi connectivity index (χ1v) is 29.3. The van der Waals surface area contributed by atoms with E-state index in [1.54, 1.807) is 0 Å². The first kappa shape index (κ1) is 47.9. The highest BCUT2D eigenvalue weighted by atomic mass is 32.1. The molecule has 0 saturated heterocycles. The van der Waals surface area contributed by atoms with Crippen LogP contribution in [-0.2, 0) is 0 Å². The average Bonchev–Trinajstić information content (AvgIpc) is 4.30. The Morgan fingerprint density at radius 1 is 0.388 bits per heavy atom. The van der Waals surface area contributed by atoms with E-state index >= 15 is 0 Å². The number of thiophene rings is 2. The molecule has 0 spiro atoms. The lowest BCUT2D eigenvalue weighted by molar-refractivity contribution is 0.832. The number of benzene rings is 11.